The molecule has 0 saturated heterocycles. The van der Waals surface area contributed by atoms with Crippen molar-refractivity contribution in [2.24, 2.45) is 17.3 Å². The molecule has 0 aromatic carbocycles. The maximum atomic E-state index is 10.9. The quantitative estimate of drug-likeness (QED) is 0.639. The molecule has 0 saturated carbocycles. The zero-order valence-corrected chi connectivity index (χ0v) is 10.4. The molecule has 1 rings (SSSR count). The summed E-state index contributed by atoms with van der Waals surface area (Å²) in [5.74, 6) is 0.619. The van der Waals surface area contributed by atoms with Crippen LogP contribution in [0.3, 0.4) is 0 Å². The number of esters is 1. The summed E-state index contributed by atoms with van der Waals surface area (Å²) in [5.41, 5.74) is 0.0201. The Labute approximate surface area is 97.1 Å². The lowest BCUT2D eigenvalue weighted by Crippen LogP contribution is -2.29. The average Bonchev–Trinajstić information content (AvgIpc) is 2.15. The van der Waals surface area contributed by atoms with E-state index in [0.717, 1.165) is 12.2 Å². The monoisotopic (exact) mass is 221 g/mol. The van der Waals surface area contributed by atoms with E-state index in [2.05, 4.69) is 26.8 Å². The average molecular weight is 221 g/mol. The Hall–Kier alpha value is -1.30. The first-order valence-electron chi connectivity index (χ1n) is 5.63. The topological polar surface area (TPSA) is 50.1 Å². The molecule has 2 unspecified atom stereocenters. The van der Waals surface area contributed by atoms with Gasteiger partial charge < -0.3 is 4.74 Å². The molecular formula is C13H19NO2. The highest BCUT2D eigenvalue weighted by Crippen LogP contribution is 2.40. The summed E-state index contributed by atoms with van der Waals surface area (Å²) in [6, 6.07) is 2.35. The molecule has 0 aliphatic heterocycles. The normalized spacial score (nSPS) is 25.6. The summed E-state index contributed by atoms with van der Waals surface area (Å²) in [6.45, 7) is 7.73. The Morgan fingerprint density at radius 3 is 2.62 bits per heavy atom. The van der Waals surface area contributed by atoms with Crippen LogP contribution in [0.5, 0.6) is 0 Å². The van der Waals surface area contributed by atoms with Crippen molar-refractivity contribution in [3.05, 3.63) is 11.8 Å². The predicted molar refractivity (Wildman–Crippen MR) is 61.1 cm³/mol. The lowest BCUT2D eigenvalue weighted by Gasteiger charge is -2.35. The molecular weight excluding hydrogens is 202 g/mol. The fraction of sp³-hybridized carbons (Fsp3) is 0.692. The van der Waals surface area contributed by atoms with E-state index in [9.17, 15) is 4.79 Å². The van der Waals surface area contributed by atoms with Gasteiger partial charge in [0.15, 0.2) is 0 Å². The fourth-order valence-corrected chi connectivity index (χ4v) is 2.15. The second-order valence-electron chi connectivity index (χ2n) is 5.39. The van der Waals surface area contributed by atoms with Crippen LogP contribution in [0.2, 0.25) is 0 Å². The Bertz CT molecular complexity index is 344. The molecule has 16 heavy (non-hydrogen) atoms. The van der Waals surface area contributed by atoms with E-state index < -0.39 is 0 Å². The maximum Gasteiger partial charge on any atom is 0.307 e. The van der Waals surface area contributed by atoms with E-state index in [1.54, 1.807) is 0 Å². The minimum Gasteiger partial charge on any atom is -0.432 e. The van der Waals surface area contributed by atoms with Crippen LogP contribution < -0.4 is 0 Å². The number of nitrogens with zero attached hydrogens (tertiary/aromatic N) is 1. The standard InChI is InChI=1S/C13H19NO2/c1-9(15)16-11-6-5-10(8-14)12(7-11)13(2,3)4/h7,10,12H,5-6H2,1-4H3. The second-order valence-corrected chi connectivity index (χ2v) is 5.39. The van der Waals surface area contributed by atoms with Crippen LogP contribution in [0.1, 0.15) is 40.5 Å². The highest BCUT2D eigenvalue weighted by atomic mass is 16.5. The molecule has 0 aromatic rings. The molecule has 88 valence electrons. The van der Waals surface area contributed by atoms with E-state index in [0.29, 0.717) is 6.42 Å². The van der Waals surface area contributed by atoms with Gasteiger partial charge in [-0.1, -0.05) is 20.8 Å². The van der Waals surface area contributed by atoms with Crippen LogP contribution in [0, 0.1) is 28.6 Å². The van der Waals surface area contributed by atoms with Crippen molar-refractivity contribution in [1.82, 2.24) is 0 Å². The first kappa shape index (κ1) is 12.8. The SMILES string of the molecule is CC(=O)OC1=CC(C(C)(C)C)C(C#N)CC1. The van der Waals surface area contributed by atoms with E-state index in [4.69, 9.17) is 10.00 Å². The van der Waals surface area contributed by atoms with Gasteiger partial charge in [0.2, 0.25) is 0 Å². The van der Waals surface area contributed by atoms with Crippen LogP contribution in [-0.4, -0.2) is 5.97 Å². The lowest BCUT2D eigenvalue weighted by molar-refractivity contribution is -0.137. The minimum atomic E-state index is -0.283. The molecule has 3 nitrogen and oxygen atoms in total. The number of allylic oxidation sites excluding steroid dienone is 2. The van der Waals surface area contributed by atoms with Gasteiger partial charge in [0.25, 0.3) is 0 Å². The Morgan fingerprint density at radius 1 is 1.56 bits per heavy atom. The van der Waals surface area contributed by atoms with Crippen molar-refractivity contribution < 1.29 is 9.53 Å². The van der Waals surface area contributed by atoms with Gasteiger partial charge in [0, 0.05) is 19.3 Å². The molecule has 0 heterocycles. The minimum absolute atomic E-state index is 0.0201. The van der Waals surface area contributed by atoms with Crippen LogP contribution in [0.25, 0.3) is 0 Å². The van der Waals surface area contributed by atoms with Crippen molar-refractivity contribution in [3.63, 3.8) is 0 Å². The number of nitriles is 1. The van der Waals surface area contributed by atoms with E-state index in [1.807, 2.05) is 6.08 Å². The van der Waals surface area contributed by atoms with Crippen molar-refractivity contribution >= 4 is 5.97 Å². The van der Waals surface area contributed by atoms with Crippen LogP contribution >= 0.6 is 0 Å². The molecule has 0 radical (unpaired) electrons. The molecule has 1 aliphatic rings. The van der Waals surface area contributed by atoms with Gasteiger partial charge in [0.1, 0.15) is 5.76 Å². The third-order valence-electron chi connectivity index (χ3n) is 2.94. The van der Waals surface area contributed by atoms with E-state index >= 15 is 0 Å². The number of rotatable bonds is 1. The van der Waals surface area contributed by atoms with Gasteiger partial charge in [-0.3, -0.25) is 4.79 Å². The molecule has 1 aliphatic carbocycles. The third-order valence-corrected chi connectivity index (χ3v) is 2.94. The predicted octanol–water partition coefficient (Wildman–Crippen LogP) is 3.03. The van der Waals surface area contributed by atoms with Gasteiger partial charge in [-0.25, -0.2) is 0 Å². The Balaban J connectivity index is 2.90. The van der Waals surface area contributed by atoms with Gasteiger partial charge in [-0.15, -0.1) is 0 Å². The number of carbonyl (C=O) groups excluding carboxylic acids is 1. The second kappa shape index (κ2) is 4.69. The first-order valence-corrected chi connectivity index (χ1v) is 5.63. The molecule has 0 aromatic heterocycles. The summed E-state index contributed by atoms with van der Waals surface area (Å²) in [4.78, 5) is 10.9. The van der Waals surface area contributed by atoms with Crippen LogP contribution in [0.4, 0.5) is 0 Å². The largest absolute Gasteiger partial charge is 0.432 e. The number of hydrogen-bond acceptors (Lipinski definition) is 3. The smallest absolute Gasteiger partial charge is 0.307 e. The molecule has 0 amide bonds. The van der Waals surface area contributed by atoms with Crippen molar-refractivity contribution in [3.8, 4) is 6.07 Å². The zero-order chi connectivity index (χ0) is 12.3. The molecule has 0 fully saturated rings. The van der Waals surface area contributed by atoms with E-state index in [-0.39, 0.29) is 23.2 Å². The highest BCUT2D eigenvalue weighted by molar-refractivity contribution is 5.67. The fourth-order valence-electron chi connectivity index (χ4n) is 2.15. The van der Waals surface area contributed by atoms with Crippen LogP contribution in [0.15, 0.2) is 11.8 Å². The van der Waals surface area contributed by atoms with Crippen molar-refractivity contribution in [1.29, 1.82) is 5.26 Å². The van der Waals surface area contributed by atoms with Gasteiger partial charge in [0.05, 0.1) is 12.0 Å². The Kier molecular flexibility index (Phi) is 3.74. The highest BCUT2D eigenvalue weighted by Gasteiger charge is 2.34. The number of ether oxygens (including phenoxy) is 1. The molecule has 0 N–H and O–H groups in total. The number of hydrogen-bond donors (Lipinski definition) is 0. The van der Waals surface area contributed by atoms with Gasteiger partial charge in [-0.05, 0) is 17.9 Å². The van der Waals surface area contributed by atoms with Gasteiger partial charge in [-0.2, -0.15) is 5.26 Å². The number of carbonyl (C=O) groups is 1. The summed E-state index contributed by atoms with van der Waals surface area (Å²) in [6.07, 6.45) is 3.42. The summed E-state index contributed by atoms with van der Waals surface area (Å²) < 4.78 is 5.12. The van der Waals surface area contributed by atoms with Gasteiger partial charge >= 0.3 is 5.97 Å². The molecule has 3 heteroatoms. The summed E-state index contributed by atoms with van der Waals surface area (Å²) >= 11 is 0. The van der Waals surface area contributed by atoms with Crippen molar-refractivity contribution in [2.75, 3.05) is 0 Å². The first-order chi connectivity index (χ1) is 7.34. The maximum absolute atomic E-state index is 10.9. The molecule has 2 atom stereocenters. The van der Waals surface area contributed by atoms with Crippen molar-refractivity contribution in [2.45, 2.75) is 40.5 Å². The van der Waals surface area contributed by atoms with E-state index in [1.165, 1.54) is 6.92 Å². The third kappa shape index (κ3) is 3.10. The van der Waals surface area contributed by atoms with Crippen LogP contribution in [-0.2, 0) is 9.53 Å². The summed E-state index contributed by atoms with van der Waals surface area (Å²) in [7, 11) is 0. The molecule has 0 bridgehead atoms. The molecule has 0 spiro atoms. The summed E-state index contributed by atoms with van der Waals surface area (Å²) in [5, 5.41) is 9.11. The lowest BCUT2D eigenvalue weighted by atomic mass is 9.69. The zero-order valence-electron chi connectivity index (χ0n) is 10.4. The Morgan fingerprint density at radius 2 is 2.19 bits per heavy atom.